The van der Waals surface area contributed by atoms with Crippen LogP contribution >= 0.6 is 11.8 Å². The lowest BCUT2D eigenvalue weighted by Gasteiger charge is -2.21. The van der Waals surface area contributed by atoms with Crippen LogP contribution in [0.1, 0.15) is 23.9 Å². The molecule has 0 unspecified atom stereocenters. The number of rotatable bonds is 4. The molecular weight excluding hydrogens is 284 g/mol. The van der Waals surface area contributed by atoms with E-state index >= 15 is 0 Å². The van der Waals surface area contributed by atoms with Gasteiger partial charge in [0.1, 0.15) is 5.76 Å². The molecule has 0 aliphatic carbocycles. The van der Waals surface area contributed by atoms with Gasteiger partial charge in [-0.1, -0.05) is 23.4 Å². The highest BCUT2D eigenvalue weighted by atomic mass is 32.2. The second-order valence-corrected chi connectivity index (χ2v) is 6.58. The van der Waals surface area contributed by atoms with Crippen LogP contribution in [-0.4, -0.2) is 22.9 Å². The van der Waals surface area contributed by atoms with Crippen LogP contribution in [0, 0.1) is 6.92 Å². The van der Waals surface area contributed by atoms with Crippen molar-refractivity contribution < 1.29 is 9.32 Å². The van der Waals surface area contributed by atoms with E-state index in [1.807, 2.05) is 43.0 Å². The first kappa shape index (κ1) is 14.2. The Hall–Kier alpha value is -1.75. The van der Waals surface area contributed by atoms with E-state index in [0.717, 1.165) is 30.1 Å². The SMILES string of the molecule is Cc1cc(CS[C@@H](C)C(=O)N2CCc3ccccc32)no1. The zero-order valence-electron chi connectivity index (χ0n) is 12.2. The van der Waals surface area contributed by atoms with Crippen LogP contribution in [-0.2, 0) is 17.0 Å². The summed E-state index contributed by atoms with van der Waals surface area (Å²) in [4.78, 5) is 14.5. The highest BCUT2D eigenvalue weighted by molar-refractivity contribution is 7.99. The first-order chi connectivity index (χ1) is 10.1. The van der Waals surface area contributed by atoms with E-state index < -0.39 is 0 Å². The van der Waals surface area contributed by atoms with E-state index in [9.17, 15) is 4.79 Å². The van der Waals surface area contributed by atoms with Crippen molar-refractivity contribution >= 4 is 23.4 Å². The molecule has 0 saturated heterocycles. The predicted molar refractivity (Wildman–Crippen MR) is 84.5 cm³/mol. The van der Waals surface area contributed by atoms with Crippen molar-refractivity contribution in [1.29, 1.82) is 0 Å². The zero-order chi connectivity index (χ0) is 14.8. The molecule has 110 valence electrons. The third-order valence-electron chi connectivity index (χ3n) is 3.66. The van der Waals surface area contributed by atoms with Gasteiger partial charge in [0, 0.05) is 24.1 Å². The van der Waals surface area contributed by atoms with Gasteiger partial charge < -0.3 is 9.42 Å². The fraction of sp³-hybridized carbons (Fsp3) is 0.375. The van der Waals surface area contributed by atoms with Crippen LogP contribution in [0.15, 0.2) is 34.9 Å². The molecule has 4 nitrogen and oxygen atoms in total. The summed E-state index contributed by atoms with van der Waals surface area (Å²) in [5.41, 5.74) is 3.21. The summed E-state index contributed by atoms with van der Waals surface area (Å²) in [5, 5.41) is 3.87. The van der Waals surface area contributed by atoms with Crippen molar-refractivity contribution in [2.45, 2.75) is 31.3 Å². The van der Waals surface area contributed by atoms with E-state index in [0.29, 0.717) is 5.75 Å². The molecule has 1 amide bonds. The molecule has 1 aromatic carbocycles. The second-order valence-electron chi connectivity index (χ2n) is 5.25. The molecule has 0 bridgehead atoms. The van der Waals surface area contributed by atoms with Gasteiger partial charge >= 0.3 is 0 Å². The summed E-state index contributed by atoms with van der Waals surface area (Å²) in [6, 6.07) is 10.0. The Labute approximate surface area is 128 Å². The van der Waals surface area contributed by atoms with Crippen LogP contribution in [0.25, 0.3) is 0 Å². The number of nitrogens with zero attached hydrogens (tertiary/aromatic N) is 2. The summed E-state index contributed by atoms with van der Waals surface area (Å²) in [6.45, 7) is 4.62. The Balaban J connectivity index is 1.63. The molecule has 2 heterocycles. The van der Waals surface area contributed by atoms with Gasteiger partial charge in [0.05, 0.1) is 10.9 Å². The molecule has 1 aliphatic heterocycles. The van der Waals surface area contributed by atoms with E-state index in [2.05, 4.69) is 11.2 Å². The molecule has 0 spiro atoms. The molecule has 2 aromatic rings. The first-order valence-electron chi connectivity index (χ1n) is 7.08. The summed E-state index contributed by atoms with van der Waals surface area (Å²) >= 11 is 1.60. The van der Waals surface area contributed by atoms with E-state index in [1.165, 1.54) is 5.56 Å². The van der Waals surface area contributed by atoms with Gasteiger partial charge in [-0.25, -0.2) is 0 Å². The maximum Gasteiger partial charge on any atom is 0.239 e. The van der Waals surface area contributed by atoms with Crippen molar-refractivity contribution in [3.8, 4) is 0 Å². The summed E-state index contributed by atoms with van der Waals surface area (Å²) in [7, 11) is 0. The number of thioether (sulfide) groups is 1. The highest BCUT2D eigenvalue weighted by Crippen LogP contribution is 2.30. The molecule has 5 heteroatoms. The van der Waals surface area contributed by atoms with Gasteiger partial charge in [0.2, 0.25) is 5.91 Å². The normalized spacial score (nSPS) is 15.0. The monoisotopic (exact) mass is 302 g/mol. The molecule has 21 heavy (non-hydrogen) atoms. The molecule has 0 radical (unpaired) electrons. The molecule has 1 aromatic heterocycles. The maximum atomic E-state index is 12.6. The Bertz CT molecular complexity index is 653. The van der Waals surface area contributed by atoms with Crippen LogP contribution in [0.5, 0.6) is 0 Å². The lowest BCUT2D eigenvalue weighted by molar-refractivity contribution is -0.117. The van der Waals surface area contributed by atoms with Gasteiger partial charge in [-0.05, 0) is 31.9 Å². The second kappa shape index (κ2) is 5.93. The van der Waals surface area contributed by atoms with E-state index in [-0.39, 0.29) is 11.2 Å². The minimum atomic E-state index is -0.0897. The van der Waals surface area contributed by atoms with Gasteiger partial charge in [0.15, 0.2) is 0 Å². The lowest BCUT2D eigenvalue weighted by Crippen LogP contribution is -2.35. The van der Waals surface area contributed by atoms with Crippen LogP contribution in [0.3, 0.4) is 0 Å². The zero-order valence-corrected chi connectivity index (χ0v) is 13.0. The number of anilines is 1. The standard InChI is InChI=1S/C16H18N2O2S/c1-11-9-14(17-20-11)10-21-12(2)16(19)18-8-7-13-5-3-4-6-15(13)18/h3-6,9,12H,7-8,10H2,1-2H3/t12-/m0/s1. The molecule has 0 saturated carbocycles. The molecule has 0 fully saturated rings. The number of carbonyl (C=O) groups excluding carboxylic acids is 1. The van der Waals surface area contributed by atoms with E-state index in [1.54, 1.807) is 11.8 Å². The smallest absolute Gasteiger partial charge is 0.239 e. The van der Waals surface area contributed by atoms with Crippen LogP contribution in [0.4, 0.5) is 5.69 Å². The Morgan fingerprint density at radius 3 is 3.05 bits per heavy atom. The van der Waals surface area contributed by atoms with Crippen molar-refractivity contribution in [2.75, 3.05) is 11.4 Å². The molecule has 1 aliphatic rings. The number of aromatic nitrogens is 1. The summed E-state index contributed by atoms with van der Waals surface area (Å²) in [5.74, 6) is 1.67. The quantitative estimate of drug-likeness (QED) is 0.870. The van der Waals surface area contributed by atoms with Gasteiger partial charge in [-0.3, -0.25) is 4.79 Å². The molecule has 3 rings (SSSR count). The highest BCUT2D eigenvalue weighted by Gasteiger charge is 2.27. The average molecular weight is 302 g/mol. The lowest BCUT2D eigenvalue weighted by atomic mass is 10.2. The van der Waals surface area contributed by atoms with Gasteiger partial charge in [-0.15, -0.1) is 11.8 Å². The van der Waals surface area contributed by atoms with E-state index in [4.69, 9.17) is 4.52 Å². The minimum absolute atomic E-state index is 0.0897. The number of para-hydroxylation sites is 1. The fourth-order valence-electron chi connectivity index (χ4n) is 2.55. The van der Waals surface area contributed by atoms with Crippen LogP contribution < -0.4 is 4.90 Å². The van der Waals surface area contributed by atoms with Crippen molar-refractivity contribution in [3.05, 3.63) is 47.3 Å². The average Bonchev–Trinajstić information content (AvgIpc) is 3.10. The maximum absolute atomic E-state index is 12.6. The number of amides is 1. The number of hydrogen-bond donors (Lipinski definition) is 0. The first-order valence-corrected chi connectivity index (χ1v) is 8.13. The molecular formula is C16H18N2O2S. The number of fused-ring (bicyclic) bond motifs is 1. The molecule has 0 N–H and O–H groups in total. The van der Waals surface area contributed by atoms with Gasteiger partial charge in [-0.2, -0.15) is 0 Å². The van der Waals surface area contributed by atoms with Crippen molar-refractivity contribution in [3.63, 3.8) is 0 Å². The largest absolute Gasteiger partial charge is 0.361 e. The fourth-order valence-corrected chi connectivity index (χ4v) is 3.38. The van der Waals surface area contributed by atoms with Crippen molar-refractivity contribution in [1.82, 2.24) is 5.16 Å². The Morgan fingerprint density at radius 2 is 2.29 bits per heavy atom. The number of hydrogen-bond acceptors (Lipinski definition) is 4. The predicted octanol–water partition coefficient (Wildman–Crippen LogP) is 3.19. The Kier molecular flexibility index (Phi) is 4.01. The number of aryl methyl sites for hydroxylation is 1. The topological polar surface area (TPSA) is 46.3 Å². The summed E-state index contributed by atoms with van der Waals surface area (Å²) < 4.78 is 5.04. The Morgan fingerprint density at radius 1 is 1.48 bits per heavy atom. The summed E-state index contributed by atoms with van der Waals surface area (Å²) in [6.07, 6.45) is 0.946. The van der Waals surface area contributed by atoms with Crippen LogP contribution in [0.2, 0.25) is 0 Å². The third-order valence-corrected chi connectivity index (χ3v) is 4.82. The third kappa shape index (κ3) is 2.97. The minimum Gasteiger partial charge on any atom is -0.361 e. The number of benzene rings is 1. The van der Waals surface area contributed by atoms with Gasteiger partial charge in [0.25, 0.3) is 0 Å². The van der Waals surface area contributed by atoms with Crippen molar-refractivity contribution in [2.24, 2.45) is 0 Å². The molecule has 1 atom stereocenters. The number of carbonyl (C=O) groups is 1.